The van der Waals surface area contributed by atoms with Gasteiger partial charge in [-0.15, -0.1) is 0 Å². The van der Waals surface area contributed by atoms with Gasteiger partial charge in [0.15, 0.2) is 0 Å². The summed E-state index contributed by atoms with van der Waals surface area (Å²) in [5.74, 6) is 2.99. The number of hydrogen-bond acceptors (Lipinski definition) is 2. The number of nitrogens with one attached hydrogen (secondary N) is 1. The van der Waals surface area contributed by atoms with E-state index in [1.54, 1.807) is 6.08 Å². The van der Waals surface area contributed by atoms with Gasteiger partial charge in [0.2, 0.25) is 5.91 Å². The van der Waals surface area contributed by atoms with Crippen LogP contribution in [0.15, 0.2) is 12.2 Å². The maximum absolute atomic E-state index is 11.7. The Labute approximate surface area is 150 Å². The predicted molar refractivity (Wildman–Crippen MR) is 95.8 cm³/mol. The molecule has 1 amide bonds. The molecule has 4 heteroatoms. The van der Waals surface area contributed by atoms with Gasteiger partial charge in [-0.05, 0) is 86.5 Å². The van der Waals surface area contributed by atoms with Gasteiger partial charge in [0.1, 0.15) is 0 Å². The summed E-state index contributed by atoms with van der Waals surface area (Å²) in [6.07, 6.45) is 13.7. The maximum Gasteiger partial charge on any atom is 0.303 e. The highest BCUT2D eigenvalue weighted by molar-refractivity contribution is 5.88. The zero-order valence-corrected chi connectivity index (χ0v) is 15.2. The molecule has 3 saturated carbocycles. The van der Waals surface area contributed by atoms with Crippen LogP contribution >= 0.6 is 0 Å². The Balaban J connectivity index is 1.47. The van der Waals surface area contributed by atoms with Crippen LogP contribution < -0.4 is 5.32 Å². The fourth-order valence-corrected chi connectivity index (χ4v) is 7.03. The molecule has 4 nitrogen and oxygen atoms in total. The molecule has 3 fully saturated rings. The summed E-state index contributed by atoms with van der Waals surface area (Å²) in [5, 5.41) is 12.1. The van der Waals surface area contributed by atoms with Crippen molar-refractivity contribution in [2.24, 2.45) is 35.0 Å². The van der Waals surface area contributed by atoms with Crippen LogP contribution in [0.5, 0.6) is 0 Å². The second kappa shape index (κ2) is 6.44. The first-order valence-electron chi connectivity index (χ1n) is 10.2. The number of carbonyl (C=O) groups excluding carboxylic acids is 1. The third-order valence-electron chi connectivity index (χ3n) is 8.20. The molecule has 7 atom stereocenters. The third-order valence-corrected chi connectivity index (χ3v) is 8.20. The van der Waals surface area contributed by atoms with Crippen molar-refractivity contribution in [3.63, 3.8) is 0 Å². The van der Waals surface area contributed by atoms with Gasteiger partial charge in [0.05, 0.1) is 0 Å². The van der Waals surface area contributed by atoms with Crippen LogP contribution in [0.4, 0.5) is 0 Å². The van der Waals surface area contributed by atoms with E-state index in [1.165, 1.54) is 32.1 Å². The molecule has 0 bridgehead atoms. The number of aliphatic carboxylic acids is 1. The van der Waals surface area contributed by atoms with Crippen molar-refractivity contribution in [2.75, 3.05) is 0 Å². The van der Waals surface area contributed by atoms with Crippen LogP contribution in [0, 0.1) is 35.0 Å². The Hall–Kier alpha value is -1.32. The topological polar surface area (TPSA) is 66.4 Å². The Kier molecular flexibility index (Phi) is 4.41. The summed E-state index contributed by atoms with van der Waals surface area (Å²) >= 11 is 0. The van der Waals surface area contributed by atoms with E-state index in [1.807, 2.05) is 0 Å². The second-order valence-corrected chi connectivity index (χ2v) is 9.17. The lowest BCUT2D eigenvalue weighted by molar-refractivity contribution is -0.137. The second-order valence-electron chi connectivity index (χ2n) is 9.17. The number of carboxylic acids is 1. The van der Waals surface area contributed by atoms with Gasteiger partial charge < -0.3 is 10.4 Å². The molecule has 1 aliphatic heterocycles. The molecular formula is C21H31NO3. The molecule has 0 aromatic rings. The van der Waals surface area contributed by atoms with Crippen LogP contribution in [-0.4, -0.2) is 23.0 Å². The zero-order valence-electron chi connectivity index (χ0n) is 15.2. The molecule has 0 saturated heterocycles. The highest BCUT2D eigenvalue weighted by Crippen LogP contribution is 2.63. The fourth-order valence-electron chi connectivity index (χ4n) is 7.03. The van der Waals surface area contributed by atoms with Crippen LogP contribution in [0.2, 0.25) is 0 Å². The molecule has 25 heavy (non-hydrogen) atoms. The lowest BCUT2D eigenvalue weighted by Gasteiger charge is -2.54. The van der Waals surface area contributed by atoms with Crippen LogP contribution in [0.1, 0.15) is 64.7 Å². The summed E-state index contributed by atoms with van der Waals surface area (Å²) in [5.41, 5.74) is 0.411. The van der Waals surface area contributed by atoms with Gasteiger partial charge in [-0.3, -0.25) is 9.59 Å². The Morgan fingerprint density at radius 3 is 2.88 bits per heavy atom. The number of carboxylic acid groups (broad SMARTS) is 1. The molecule has 138 valence electrons. The standard InChI is InChI=1S/C21H31NO3/c1-21-12-11-14-15(6-9-18-16(14)7-10-19(23)22-18)17(21)8-5-13(21)3-2-4-20(24)25/h7,10,13-18H,2-6,8-9,11-12H2,1H3,(H,22,23)(H,24,25)/t13-,14-,15+,16+,17-,18+,21+/m0/s1. The highest BCUT2D eigenvalue weighted by atomic mass is 16.4. The van der Waals surface area contributed by atoms with Gasteiger partial charge in [-0.1, -0.05) is 13.0 Å². The number of carbonyl (C=O) groups is 2. The van der Waals surface area contributed by atoms with Crippen molar-refractivity contribution in [1.29, 1.82) is 0 Å². The first-order chi connectivity index (χ1) is 12.0. The smallest absolute Gasteiger partial charge is 0.303 e. The highest BCUT2D eigenvalue weighted by Gasteiger charge is 2.56. The predicted octanol–water partition coefficient (Wildman–Crippen LogP) is 3.76. The SMILES string of the molecule is C[C@]12CC[C@@H]3[C@H]4C=CC(=O)N[C@@H]4CC[C@H]3[C@@H]1CC[C@@H]2CCCC(=O)O. The van der Waals surface area contributed by atoms with Crippen molar-refractivity contribution in [3.05, 3.63) is 12.2 Å². The largest absolute Gasteiger partial charge is 0.481 e. The van der Waals surface area contributed by atoms with E-state index in [9.17, 15) is 9.59 Å². The van der Waals surface area contributed by atoms with Gasteiger partial charge in [-0.2, -0.15) is 0 Å². The minimum atomic E-state index is -0.659. The zero-order chi connectivity index (χ0) is 17.6. The quantitative estimate of drug-likeness (QED) is 0.815. The monoisotopic (exact) mass is 345 g/mol. The summed E-state index contributed by atoms with van der Waals surface area (Å²) in [6, 6.07) is 0.357. The molecule has 2 N–H and O–H groups in total. The Morgan fingerprint density at radius 1 is 1.24 bits per heavy atom. The maximum atomic E-state index is 11.7. The van der Waals surface area contributed by atoms with Crippen molar-refractivity contribution in [2.45, 2.75) is 70.8 Å². The van der Waals surface area contributed by atoms with Gasteiger partial charge in [-0.25, -0.2) is 0 Å². The minimum absolute atomic E-state index is 0.0831. The first-order valence-corrected chi connectivity index (χ1v) is 10.2. The minimum Gasteiger partial charge on any atom is -0.481 e. The molecular weight excluding hydrogens is 314 g/mol. The molecule has 0 aromatic heterocycles. The van der Waals surface area contributed by atoms with E-state index in [0.717, 1.165) is 37.0 Å². The lowest BCUT2D eigenvalue weighted by atomic mass is 9.51. The number of rotatable bonds is 4. The summed E-state index contributed by atoms with van der Waals surface area (Å²) in [4.78, 5) is 22.5. The molecule has 0 unspecified atom stereocenters. The van der Waals surface area contributed by atoms with E-state index in [0.29, 0.717) is 29.7 Å². The number of fused-ring (bicyclic) bond motifs is 5. The Bertz CT molecular complexity index is 586. The van der Waals surface area contributed by atoms with Crippen LogP contribution in [-0.2, 0) is 9.59 Å². The molecule has 3 aliphatic carbocycles. The van der Waals surface area contributed by atoms with Crippen LogP contribution in [0.25, 0.3) is 0 Å². The summed E-state index contributed by atoms with van der Waals surface area (Å²) in [7, 11) is 0. The first kappa shape index (κ1) is 17.1. The Morgan fingerprint density at radius 2 is 2.08 bits per heavy atom. The molecule has 0 spiro atoms. The lowest BCUT2D eigenvalue weighted by Crippen LogP contribution is -2.53. The van der Waals surface area contributed by atoms with Crippen molar-refractivity contribution in [1.82, 2.24) is 5.32 Å². The average molecular weight is 345 g/mol. The van der Waals surface area contributed by atoms with Crippen LogP contribution in [0.3, 0.4) is 0 Å². The number of hydrogen-bond donors (Lipinski definition) is 2. The normalized spacial score (nSPS) is 45.2. The molecule has 0 radical (unpaired) electrons. The molecule has 0 aromatic carbocycles. The van der Waals surface area contributed by atoms with E-state index in [2.05, 4.69) is 18.3 Å². The van der Waals surface area contributed by atoms with E-state index in [-0.39, 0.29) is 5.91 Å². The van der Waals surface area contributed by atoms with Gasteiger partial charge in [0, 0.05) is 18.4 Å². The van der Waals surface area contributed by atoms with Gasteiger partial charge in [0.25, 0.3) is 0 Å². The molecule has 4 aliphatic rings. The van der Waals surface area contributed by atoms with Crippen molar-refractivity contribution >= 4 is 11.9 Å². The molecule has 1 heterocycles. The van der Waals surface area contributed by atoms with E-state index >= 15 is 0 Å². The number of amides is 1. The van der Waals surface area contributed by atoms with Crippen molar-refractivity contribution < 1.29 is 14.7 Å². The van der Waals surface area contributed by atoms with E-state index in [4.69, 9.17) is 5.11 Å². The van der Waals surface area contributed by atoms with Gasteiger partial charge >= 0.3 is 5.97 Å². The molecule has 4 rings (SSSR count). The average Bonchev–Trinajstić information content (AvgIpc) is 2.91. The summed E-state index contributed by atoms with van der Waals surface area (Å²) < 4.78 is 0. The fraction of sp³-hybridized carbons (Fsp3) is 0.810. The van der Waals surface area contributed by atoms with Crippen molar-refractivity contribution in [3.8, 4) is 0 Å². The summed E-state index contributed by atoms with van der Waals surface area (Å²) in [6.45, 7) is 2.50. The third kappa shape index (κ3) is 2.92. The van der Waals surface area contributed by atoms with E-state index < -0.39 is 5.97 Å².